The zero-order valence-corrected chi connectivity index (χ0v) is 22.0. The minimum atomic E-state index is -0.573. The van der Waals surface area contributed by atoms with Gasteiger partial charge in [0.2, 0.25) is 0 Å². The van der Waals surface area contributed by atoms with E-state index in [1.807, 2.05) is 44.1 Å². The molecule has 35 heavy (non-hydrogen) atoms. The number of methoxy groups -OCH3 is 1. The van der Waals surface area contributed by atoms with Crippen LogP contribution in [0.25, 0.3) is 10.9 Å². The van der Waals surface area contributed by atoms with Crippen LogP contribution in [0.15, 0.2) is 24.3 Å². The summed E-state index contributed by atoms with van der Waals surface area (Å²) in [7, 11) is 1.67. The molecule has 0 radical (unpaired) electrons. The number of unbranched alkanes of at least 4 members (excludes halogenated alkanes) is 1. The molecule has 3 rings (SSSR count). The number of ether oxygens (including phenoxy) is 2. The average Bonchev–Trinajstić information content (AvgIpc) is 3.13. The van der Waals surface area contributed by atoms with Gasteiger partial charge in [0.15, 0.2) is 0 Å². The zero-order chi connectivity index (χ0) is 25.8. The lowest BCUT2D eigenvalue weighted by molar-refractivity contribution is 0.00733. The normalized spacial score (nSPS) is 16.7. The molecular formula is C27H40FN3O4. The lowest BCUT2D eigenvalue weighted by Gasteiger charge is -2.41. The third kappa shape index (κ3) is 6.75. The molecule has 0 saturated carbocycles. The van der Waals surface area contributed by atoms with Crippen LogP contribution in [0.3, 0.4) is 0 Å². The van der Waals surface area contributed by atoms with Gasteiger partial charge in [-0.3, -0.25) is 4.79 Å². The number of aryl methyl sites for hydroxylation is 1. The second-order valence-corrected chi connectivity index (χ2v) is 10.6. The van der Waals surface area contributed by atoms with Gasteiger partial charge in [-0.2, -0.15) is 0 Å². The molecule has 194 valence electrons. The Hall–Kier alpha value is -2.61. The Kier molecular flexibility index (Phi) is 8.80. The Morgan fingerprint density at radius 2 is 1.94 bits per heavy atom. The van der Waals surface area contributed by atoms with E-state index in [0.717, 1.165) is 31.2 Å². The van der Waals surface area contributed by atoms with Crippen LogP contribution in [0.5, 0.6) is 0 Å². The maximum atomic E-state index is 14.0. The zero-order valence-electron chi connectivity index (χ0n) is 22.0. The van der Waals surface area contributed by atoms with Gasteiger partial charge in [0.25, 0.3) is 5.91 Å². The fourth-order valence-corrected chi connectivity index (χ4v) is 4.80. The first kappa shape index (κ1) is 27.0. The van der Waals surface area contributed by atoms with Crippen molar-refractivity contribution in [1.82, 2.24) is 14.4 Å². The van der Waals surface area contributed by atoms with Crippen molar-refractivity contribution >= 4 is 22.9 Å². The van der Waals surface area contributed by atoms with Crippen LogP contribution < -0.4 is 0 Å². The van der Waals surface area contributed by atoms with Crippen molar-refractivity contribution in [2.45, 2.75) is 84.5 Å². The number of halogens is 1. The molecule has 2 heterocycles. The quantitative estimate of drug-likeness (QED) is 0.462. The van der Waals surface area contributed by atoms with Crippen molar-refractivity contribution in [2.75, 3.05) is 26.8 Å². The molecule has 1 atom stereocenters. The third-order valence-corrected chi connectivity index (χ3v) is 6.30. The molecule has 2 amide bonds. The van der Waals surface area contributed by atoms with E-state index in [1.165, 1.54) is 12.1 Å². The highest BCUT2D eigenvalue weighted by Gasteiger charge is 2.35. The first-order valence-electron chi connectivity index (χ1n) is 12.6. The fraction of sp³-hybridized carbons (Fsp3) is 0.630. The molecule has 7 nitrogen and oxygen atoms in total. The minimum absolute atomic E-state index is 0.0669. The Bertz CT molecular complexity index is 1030. The van der Waals surface area contributed by atoms with E-state index in [-0.39, 0.29) is 29.9 Å². The number of carbonyl (C=O) groups excluding carboxylic acids is 2. The molecule has 1 aromatic carbocycles. The number of benzene rings is 1. The van der Waals surface area contributed by atoms with E-state index < -0.39 is 5.60 Å². The summed E-state index contributed by atoms with van der Waals surface area (Å²) in [6, 6.07) is 6.25. The number of carbonyl (C=O) groups is 2. The van der Waals surface area contributed by atoms with Crippen LogP contribution >= 0.6 is 0 Å². The molecule has 0 unspecified atom stereocenters. The topological polar surface area (TPSA) is 64.0 Å². The van der Waals surface area contributed by atoms with Crippen LogP contribution in [-0.2, 0) is 16.0 Å². The van der Waals surface area contributed by atoms with Gasteiger partial charge in [-0.25, -0.2) is 9.18 Å². The number of aromatic nitrogens is 1. The molecular weight excluding hydrogens is 449 g/mol. The lowest BCUT2D eigenvalue weighted by atomic mass is 10.0. The molecule has 2 aromatic rings. The van der Waals surface area contributed by atoms with E-state index in [1.54, 1.807) is 24.1 Å². The van der Waals surface area contributed by atoms with E-state index in [2.05, 4.69) is 0 Å². The van der Waals surface area contributed by atoms with Gasteiger partial charge in [-0.15, -0.1) is 0 Å². The van der Waals surface area contributed by atoms with Crippen LogP contribution in [0, 0.1) is 5.82 Å². The van der Waals surface area contributed by atoms with Gasteiger partial charge in [0.1, 0.15) is 17.1 Å². The molecule has 1 aliphatic rings. The summed E-state index contributed by atoms with van der Waals surface area (Å²) < 4.78 is 26.7. The van der Waals surface area contributed by atoms with Crippen LogP contribution in [0.4, 0.5) is 9.18 Å². The van der Waals surface area contributed by atoms with E-state index in [9.17, 15) is 14.0 Å². The monoisotopic (exact) mass is 489 g/mol. The Morgan fingerprint density at radius 3 is 2.60 bits per heavy atom. The van der Waals surface area contributed by atoms with E-state index >= 15 is 0 Å². The molecule has 8 heteroatoms. The van der Waals surface area contributed by atoms with Crippen molar-refractivity contribution in [3.63, 3.8) is 0 Å². The average molecular weight is 490 g/mol. The molecule has 0 N–H and O–H groups in total. The highest BCUT2D eigenvalue weighted by Crippen LogP contribution is 2.27. The summed E-state index contributed by atoms with van der Waals surface area (Å²) in [5.74, 6) is -0.423. The van der Waals surface area contributed by atoms with Gasteiger partial charge in [-0.05, 0) is 84.6 Å². The minimum Gasteiger partial charge on any atom is -0.444 e. The maximum Gasteiger partial charge on any atom is 0.410 e. The summed E-state index contributed by atoms with van der Waals surface area (Å²) in [5.41, 5.74) is 0.817. The summed E-state index contributed by atoms with van der Waals surface area (Å²) >= 11 is 0. The Morgan fingerprint density at radius 1 is 1.20 bits per heavy atom. The number of hydrogen-bond donors (Lipinski definition) is 0. The summed E-state index contributed by atoms with van der Waals surface area (Å²) in [6.45, 7) is 11.9. The molecule has 1 fully saturated rings. The second-order valence-electron chi connectivity index (χ2n) is 10.6. The fourth-order valence-electron chi connectivity index (χ4n) is 4.80. The molecule has 1 aromatic heterocycles. The highest BCUT2D eigenvalue weighted by atomic mass is 19.1. The smallest absolute Gasteiger partial charge is 0.410 e. The predicted molar refractivity (Wildman–Crippen MR) is 135 cm³/mol. The standard InChI is InChI=1S/C27H40FN3O4/c1-19(2)31(22-10-9-13-29(18-22)26(33)35-27(3,4)5)25(32)24-17-20-16-21(28)11-12-23(20)30(24)14-7-8-15-34-6/h11-12,16-17,19,22H,7-10,13-15,18H2,1-6H3/t22-/m1/s1. The SMILES string of the molecule is COCCCCn1c(C(=O)N(C(C)C)[C@@H]2CCCN(C(=O)OC(C)(C)C)C2)cc2cc(F)ccc21. The van der Waals surface area contributed by atoms with Gasteiger partial charge in [0, 0.05) is 50.3 Å². The number of amides is 2. The number of hydrogen-bond acceptors (Lipinski definition) is 4. The van der Waals surface area contributed by atoms with Crippen molar-refractivity contribution in [3.8, 4) is 0 Å². The van der Waals surface area contributed by atoms with Crippen LogP contribution in [0.2, 0.25) is 0 Å². The third-order valence-electron chi connectivity index (χ3n) is 6.30. The van der Waals surface area contributed by atoms with Gasteiger partial charge in [0.05, 0.1) is 6.04 Å². The van der Waals surface area contributed by atoms with E-state index in [0.29, 0.717) is 37.3 Å². The summed E-state index contributed by atoms with van der Waals surface area (Å²) in [4.78, 5) is 30.3. The van der Waals surface area contributed by atoms with Gasteiger partial charge < -0.3 is 23.8 Å². The van der Waals surface area contributed by atoms with Crippen molar-refractivity contribution < 1.29 is 23.5 Å². The first-order chi connectivity index (χ1) is 16.5. The molecule has 0 aliphatic carbocycles. The number of likely N-dealkylation sites (tertiary alicyclic amines) is 1. The molecule has 0 spiro atoms. The number of fused-ring (bicyclic) bond motifs is 1. The highest BCUT2D eigenvalue weighted by molar-refractivity contribution is 5.99. The van der Waals surface area contributed by atoms with Crippen molar-refractivity contribution in [2.24, 2.45) is 0 Å². The predicted octanol–water partition coefficient (Wildman–Crippen LogP) is 5.46. The second kappa shape index (κ2) is 11.4. The van der Waals surface area contributed by atoms with Crippen molar-refractivity contribution in [1.29, 1.82) is 0 Å². The molecule has 1 saturated heterocycles. The van der Waals surface area contributed by atoms with Crippen LogP contribution in [0.1, 0.15) is 70.8 Å². The van der Waals surface area contributed by atoms with E-state index in [4.69, 9.17) is 9.47 Å². The molecule has 0 bridgehead atoms. The first-order valence-corrected chi connectivity index (χ1v) is 12.6. The van der Waals surface area contributed by atoms with Gasteiger partial charge >= 0.3 is 6.09 Å². The lowest BCUT2D eigenvalue weighted by Crippen LogP contribution is -2.54. The summed E-state index contributed by atoms with van der Waals surface area (Å²) in [6.07, 6.45) is 2.97. The Labute approximate surface area is 208 Å². The largest absolute Gasteiger partial charge is 0.444 e. The summed E-state index contributed by atoms with van der Waals surface area (Å²) in [5, 5.41) is 0.711. The van der Waals surface area contributed by atoms with Crippen molar-refractivity contribution in [3.05, 3.63) is 35.8 Å². The Balaban J connectivity index is 1.89. The number of nitrogens with zero attached hydrogens (tertiary/aromatic N) is 3. The molecule has 1 aliphatic heterocycles. The maximum absolute atomic E-state index is 14.0. The number of rotatable bonds is 8. The number of piperidine rings is 1. The van der Waals surface area contributed by atoms with Crippen LogP contribution in [-0.4, -0.2) is 70.9 Å². The van der Waals surface area contributed by atoms with Gasteiger partial charge in [-0.1, -0.05) is 0 Å².